The van der Waals surface area contributed by atoms with Crippen molar-refractivity contribution in [3.8, 4) is 0 Å². The quantitative estimate of drug-likeness (QED) is 0.256. The molecule has 0 spiro atoms. The summed E-state index contributed by atoms with van der Waals surface area (Å²) in [5.74, 6) is -1.79. The largest absolute Gasteiger partial charge is 0.354 e. The van der Waals surface area contributed by atoms with Gasteiger partial charge >= 0.3 is 10.2 Å². The molecule has 220 valence electrons. The van der Waals surface area contributed by atoms with Crippen molar-refractivity contribution in [3.05, 3.63) is 100 Å². The highest BCUT2D eigenvalue weighted by Gasteiger charge is 2.35. The van der Waals surface area contributed by atoms with Gasteiger partial charge in [-0.2, -0.15) is 12.7 Å². The molecule has 3 aromatic carbocycles. The highest BCUT2D eigenvalue weighted by atomic mass is 79.9. The van der Waals surface area contributed by atoms with Crippen LogP contribution in [0.15, 0.2) is 83.3 Å². The molecule has 2 amide bonds. The molecule has 8 nitrogen and oxygen atoms in total. The molecule has 41 heavy (non-hydrogen) atoms. The van der Waals surface area contributed by atoms with Crippen LogP contribution in [0.5, 0.6) is 0 Å². The van der Waals surface area contributed by atoms with Gasteiger partial charge in [0.2, 0.25) is 11.8 Å². The number of anilines is 1. The van der Waals surface area contributed by atoms with E-state index in [0.717, 1.165) is 43.1 Å². The van der Waals surface area contributed by atoms with Crippen molar-refractivity contribution in [3.63, 3.8) is 0 Å². The van der Waals surface area contributed by atoms with Crippen LogP contribution in [0.25, 0.3) is 0 Å². The molecule has 0 aromatic heterocycles. The number of para-hydroxylation sites is 1. The highest BCUT2D eigenvalue weighted by molar-refractivity contribution is 9.10. The normalized spacial score (nSPS) is 12.1. The van der Waals surface area contributed by atoms with Crippen molar-refractivity contribution in [2.24, 2.45) is 0 Å². The average Bonchev–Trinajstić information content (AvgIpc) is 2.94. The van der Waals surface area contributed by atoms with Gasteiger partial charge in [0.1, 0.15) is 18.4 Å². The monoisotopic (exact) mass is 646 g/mol. The fourth-order valence-corrected chi connectivity index (χ4v) is 5.76. The Morgan fingerprint density at radius 1 is 0.951 bits per heavy atom. The molecule has 3 rings (SSSR count). The number of hydrogen-bond acceptors (Lipinski definition) is 4. The first-order valence-corrected chi connectivity index (χ1v) is 15.5. The lowest BCUT2D eigenvalue weighted by Crippen LogP contribution is -2.54. The molecule has 0 aliphatic rings. The molecular weight excluding hydrogens is 611 g/mol. The van der Waals surface area contributed by atoms with E-state index in [9.17, 15) is 22.4 Å². The summed E-state index contributed by atoms with van der Waals surface area (Å²) in [6.07, 6.45) is 1.86. The first-order valence-electron chi connectivity index (χ1n) is 13.3. The van der Waals surface area contributed by atoms with E-state index >= 15 is 0 Å². The number of nitrogens with zero attached hydrogens (tertiary/aromatic N) is 3. The van der Waals surface area contributed by atoms with Crippen molar-refractivity contribution < 1.29 is 22.4 Å². The van der Waals surface area contributed by atoms with Gasteiger partial charge in [0.25, 0.3) is 0 Å². The Bertz CT molecular complexity index is 1420. The fourth-order valence-electron chi connectivity index (χ4n) is 4.25. The summed E-state index contributed by atoms with van der Waals surface area (Å²) in [6, 6.07) is 21.1. The number of halogens is 2. The lowest BCUT2D eigenvalue weighted by atomic mass is 10.0. The SMILES string of the molecule is CCCCNC(=O)[C@@H](Cc1ccccc1)N(Cc1cccc(Br)c1)C(=O)CN(c1ccccc1F)S(=O)(=O)N(C)C. The van der Waals surface area contributed by atoms with E-state index < -0.39 is 34.5 Å². The summed E-state index contributed by atoms with van der Waals surface area (Å²) in [5.41, 5.74) is 1.31. The molecule has 1 N–H and O–H groups in total. The van der Waals surface area contributed by atoms with E-state index in [0.29, 0.717) is 6.54 Å². The van der Waals surface area contributed by atoms with Crippen molar-refractivity contribution >= 4 is 43.6 Å². The molecular formula is C30H36BrFN4O4S. The lowest BCUT2D eigenvalue weighted by molar-refractivity contribution is -0.140. The van der Waals surface area contributed by atoms with Crippen LogP contribution in [0, 0.1) is 5.82 Å². The molecule has 0 radical (unpaired) electrons. The number of amides is 2. The Balaban J connectivity index is 2.08. The zero-order valence-electron chi connectivity index (χ0n) is 23.5. The van der Waals surface area contributed by atoms with Crippen LogP contribution >= 0.6 is 15.9 Å². The number of nitrogens with one attached hydrogen (secondary N) is 1. The van der Waals surface area contributed by atoms with E-state index in [1.54, 1.807) is 0 Å². The first kappa shape index (κ1) is 32.2. The van der Waals surface area contributed by atoms with Gasteiger partial charge in [-0.1, -0.05) is 83.9 Å². The van der Waals surface area contributed by atoms with Gasteiger partial charge in [-0.15, -0.1) is 0 Å². The van der Waals surface area contributed by atoms with E-state index in [1.165, 1.54) is 37.2 Å². The second kappa shape index (κ2) is 15.1. The molecule has 0 aliphatic heterocycles. The van der Waals surface area contributed by atoms with Crippen LogP contribution in [-0.4, -0.2) is 62.7 Å². The molecule has 0 saturated heterocycles. The second-order valence-electron chi connectivity index (χ2n) is 9.75. The average molecular weight is 648 g/mol. The number of rotatable bonds is 14. The topological polar surface area (TPSA) is 90.0 Å². The van der Waals surface area contributed by atoms with Gasteiger partial charge in [0.15, 0.2) is 0 Å². The minimum Gasteiger partial charge on any atom is -0.354 e. The van der Waals surface area contributed by atoms with Crippen molar-refractivity contribution in [1.29, 1.82) is 0 Å². The van der Waals surface area contributed by atoms with E-state index in [4.69, 9.17) is 0 Å². The molecule has 1 atom stereocenters. The third-order valence-corrected chi connectivity index (χ3v) is 8.78. The molecule has 0 fully saturated rings. The van der Waals surface area contributed by atoms with Gasteiger partial charge in [-0.25, -0.2) is 8.70 Å². The summed E-state index contributed by atoms with van der Waals surface area (Å²) >= 11 is 3.45. The van der Waals surface area contributed by atoms with E-state index in [-0.39, 0.29) is 24.6 Å². The van der Waals surface area contributed by atoms with Gasteiger partial charge in [0.05, 0.1) is 5.69 Å². The van der Waals surface area contributed by atoms with Gasteiger partial charge in [0, 0.05) is 38.1 Å². The molecule has 0 unspecified atom stereocenters. The van der Waals surface area contributed by atoms with E-state index in [1.807, 2.05) is 61.5 Å². The van der Waals surface area contributed by atoms with Crippen LogP contribution in [0.1, 0.15) is 30.9 Å². The number of hydrogen-bond donors (Lipinski definition) is 1. The van der Waals surface area contributed by atoms with Crippen LogP contribution in [0.2, 0.25) is 0 Å². The first-order chi connectivity index (χ1) is 19.5. The maximum absolute atomic E-state index is 14.9. The van der Waals surface area contributed by atoms with Gasteiger partial charge in [-0.3, -0.25) is 9.59 Å². The molecule has 11 heteroatoms. The number of carbonyl (C=O) groups excluding carboxylic acids is 2. The number of benzene rings is 3. The summed E-state index contributed by atoms with van der Waals surface area (Å²) in [4.78, 5) is 29.2. The number of carbonyl (C=O) groups is 2. The lowest BCUT2D eigenvalue weighted by Gasteiger charge is -2.34. The second-order valence-corrected chi connectivity index (χ2v) is 12.7. The Kier molecular flexibility index (Phi) is 11.9. The van der Waals surface area contributed by atoms with Crippen molar-refractivity contribution in [2.45, 2.75) is 38.8 Å². The molecule has 0 aliphatic carbocycles. The zero-order valence-corrected chi connectivity index (χ0v) is 25.9. The summed E-state index contributed by atoms with van der Waals surface area (Å²) in [6.45, 7) is 1.78. The summed E-state index contributed by atoms with van der Waals surface area (Å²) < 4.78 is 44.0. The smallest absolute Gasteiger partial charge is 0.304 e. The zero-order chi connectivity index (χ0) is 30.0. The Morgan fingerprint density at radius 2 is 1.61 bits per heavy atom. The van der Waals surface area contributed by atoms with Crippen molar-refractivity contribution in [1.82, 2.24) is 14.5 Å². The Hall–Kier alpha value is -3.28. The predicted molar refractivity (Wildman–Crippen MR) is 163 cm³/mol. The van der Waals surface area contributed by atoms with Crippen LogP contribution < -0.4 is 9.62 Å². The van der Waals surface area contributed by atoms with Crippen LogP contribution in [0.4, 0.5) is 10.1 Å². The molecule has 3 aromatic rings. The molecule has 0 heterocycles. The summed E-state index contributed by atoms with van der Waals surface area (Å²) in [5, 5.41) is 2.94. The van der Waals surface area contributed by atoms with Crippen molar-refractivity contribution in [2.75, 3.05) is 31.5 Å². The van der Waals surface area contributed by atoms with Crippen LogP contribution in [-0.2, 0) is 32.8 Å². The van der Waals surface area contributed by atoms with Gasteiger partial charge in [-0.05, 0) is 41.8 Å². The Morgan fingerprint density at radius 3 is 2.24 bits per heavy atom. The minimum atomic E-state index is -4.27. The predicted octanol–water partition coefficient (Wildman–Crippen LogP) is 4.76. The number of unbranched alkanes of at least 4 members (excludes halogenated alkanes) is 1. The third kappa shape index (κ3) is 8.85. The fraction of sp³-hybridized carbons (Fsp3) is 0.333. The van der Waals surface area contributed by atoms with E-state index in [2.05, 4.69) is 21.2 Å². The molecule has 0 saturated carbocycles. The molecule has 0 bridgehead atoms. The van der Waals surface area contributed by atoms with Gasteiger partial charge < -0.3 is 10.2 Å². The third-order valence-electron chi connectivity index (χ3n) is 6.48. The Labute approximate surface area is 250 Å². The minimum absolute atomic E-state index is 0.0318. The highest BCUT2D eigenvalue weighted by Crippen LogP contribution is 2.25. The summed E-state index contributed by atoms with van der Waals surface area (Å²) in [7, 11) is -1.65. The maximum atomic E-state index is 14.9. The standard InChI is InChI=1S/C30H36BrFN4O4S/c1-4-5-18-33-30(38)28(20-23-12-7-6-8-13-23)35(21-24-14-11-15-25(31)19-24)29(37)22-36(41(39,40)34(2)3)27-17-10-9-16-26(27)32/h6-17,19,28H,4-5,18,20-22H2,1-3H3,(H,33,38)/t28-/m1/s1. The maximum Gasteiger partial charge on any atom is 0.304 e. The van der Waals surface area contributed by atoms with Crippen LogP contribution in [0.3, 0.4) is 0 Å².